The summed E-state index contributed by atoms with van der Waals surface area (Å²) in [7, 11) is 0. The Morgan fingerprint density at radius 1 is 1.00 bits per heavy atom. The molecular weight excluding hydrogens is 382 g/mol. The van der Waals surface area contributed by atoms with Crippen molar-refractivity contribution in [3.63, 3.8) is 0 Å². The van der Waals surface area contributed by atoms with Gasteiger partial charge in [0.05, 0.1) is 10.6 Å². The Morgan fingerprint density at radius 3 is 2.50 bits per heavy atom. The lowest BCUT2D eigenvalue weighted by molar-refractivity contribution is -0.384. The number of carbonyl (C=O) groups excluding carboxylic acids is 1. The molecule has 4 rings (SSSR count). The highest BCUT2D eigenvalue weighted by Crippen LogP contribution is 2.23. The minimum Gasteiger partial charge on any atom is -0.319 e. The van der Waals surface area contributed by atoms with Gasteiger partial charge in [0.25, 0.3) is 11.6 Å². The van der Waals surface area contributed by atoms with Crippen molar-refractivity contribution >= 4 is 17.3 Å². The number of benzene rings is 3. The van der Waals surface area contributed by atoms with Crippen molar-refractivity contribution in [1.82, 2.24) is 14.8 Å². The molecule has 1 amide bonds. The van der Waals surface area contributed by atoms with Gasteiger partial charge in [0.15, 0.2) is 5.82 Å². The zero-order chi connectivity index (χ0) is 21.1. The molecule has 0 saturated heterocycles. The number of nitro benzene ring substituents is 1. The van der Waals surface area contributed by atoms with Crippen LogP contribution in [0.15, 0.2) is 78.9 Å². The SMILES string of the molecule is Cc1cccc(-c2nc(C(=O)Nc3cccc([N+](=O)[O-])c3)nn2-c2ccccc2)c1. The number of nitro groups is 1. The maximum Gasteiger partial charge on any atom is 0.295 e. The number of amides is 1. The summed E-state index contributed by atoms with van der Waals surface area (Å²) < 4.78 is 1.61. The Balaban J connectivity index is 1.73. The van der Waals surface area contributed by atoms with E-state index in [1.54, 1.807) is 10.7 Å². The van der Waals surface area contributed by atoms with Crippen LogP contribution >= 0.6 is 0 Å². The van der Waals surface area contributed by atoms with Crippen LogP contribution in [-0.2, 0) is 0 Å². The summed E-state index contributed by atoms with van der Waals surface area (Å²) in [5.41, 5.74) is 2.81. The first-order valence-corrected chi connectivity index (χ1v) is 9.16. The summed E-state index contributed by atoms with van der Waals surface area (Å²) in [6, 6.07) is 22.9. The van der Waals surface area contributed by atoms with E-state index in [1.165, 1.54) is 18.2 Å². The minimum absolute atomic E-state index is 0.0399. The van der Waals surface area contributed by atoms with Gasteiger partial charge in [0.2, 0.25) is 5.82 Å². The Labute approximate surface area is 172 Å². The van der Waals surface area contributed by atoms with Crippen molar-refractivity contribution < 1.29 is 9.72 Å². The second kappa shape index (κ2) is 7.96. The molecular formula is C22H17N5O3. The smallest absolute Gasteiger partial charge is 0.295 e. The molecule has 0 aliphatic rings. The molecule has 4 aromatic rings. The zero-order valence-electron chi connectivity index (χ0n) is 16.0. The molecule has 3 aromatic carbocycles. The first kappa shape index (κ1) is 19.0. The van der Waals surface area contributed by atoms with Crippen LogP contribution in [0.3, 0.4) is 0 Å². The van der Waals surface area contributed by atoms with E-state index in [0.717, 1.165) is 16.8 Å². The van der Waals surface area contributed by atoms with Crippen LogP contribution in [0.5, 0.6) is 0 Å². The fraction of sp³-hybridized carbons (Fsp3) is 0.0455. The summed E-state index contributed by atoms with van der Waals surface area (Å²) in [6.07, 6.45) is 0. The number of hydrogen-bond donors (Lipinski definition) is 1. The van der Waals surface area contributed by atoms with E-state index in [-0.39, 0.29) is 11.5 Å². The van der Waals surface area contributed by atoms with Gasteiger partial charge in [-0.05, 0) is 31.2 Å². The molecule has 1 N–H and O–H groups in total. The van der Waals surface area contributed by atoms with Gasteiger partial charge in [-0.15, -0.1) is 5.10 Å². The molecule has 1 heterocycles. The van der Waals surface area contributed by atoms with Crippen molar-refractivity contribution in [2.24, 2.45) is 0 Å². The highest BCUT2D eigenvalue weighted by molar-refractivity contribution is 6.02. The molecule has 0 aliphatic heterocycles. The normalized spacial score (nSPS) is 10.6. The summed E-state index contributed by atoms with van der Waals surface area (Å²) >= 11 is 0. The second-order valence-electron chi connectivity index (χ2n) is 6.64. The Bertz CT molecular complexity index is 1230. The van der Waals surface area contributed by atoms with Crippen LogP contribution in [-0.4, -0.2) is 25.6 Å². The largest absolute Gasteiger partial charge is 0.319 e. The molecule has 0 radical (unpaired) electrons. The number of carbonyl (C=O) groups is 1. The van der Waals surface area contributed by atoms with Gasteiger partial charge in [-0.3, -0.25) is 14.9 Å². The van der Waals surface area contributed by atoms with E-state index in [2.05, 4.69) is 15.4 Å². The predicted molar refractivity (Wildman–Crippen MR) is 113 cm³/mol. The number of rotatable bonds is 5. The second-order valence-corrected chi connectivity index (χ2v) is 6.64. The highest BCUT2D eigenvalue weighted by atomic mass is 16.6. The number of para-hydroxylation sites is 1. The van der Waals surface area contributed by atoms with E-state index in [9.17, 15) is 14.9 Å². The lowest BCUT2D eigenvalue weighted by Crippen LogP contribution is -2.14. The first-order chi connectivity index (χ1) is 14.5. The topological polar surface area (TPSA) is 103 Å². The molecule has 0 spiro atoms. The van der Waals surface area contributed by atoms with E-state index in [1.807, 2.05) is 61.5 Å². The summed E-state index contributed by atoms with van der Waals surface area (Å²) in [5, 5.41) is 18.0. The molecule has 0 unspecified atom stereocenters. The van der Waals surface area contributed by atoms with E-state index in [4.69, 9.17) is 0 Å². The fourth-order valence-corrected chi connectivity index (χ4v) is 3.01. The van der Waals surface area contributed by atoms with Gasteiger partial charge in [0, 0.05) is 23.4 Å². The lowest BCUT2D eigenvalue weighted by atomic mass is 10.1. The van der Waals surface area contributed by atoms with Crippen molar-refractivity contribution in [2.45, 2.75) is 6.92 Å². The molecule has 8 heteroatoms. The number of nitrogens with zero attached hydrogens (tertiary/aromatic N) is 4. The van der Waals surface area contributed by atoms with Crippen LogP contribution in [0.25, 0.3) is 17.1 Å². The van der Waals surface area contributed by atoms with Gasteiger partial charge in [-0.2, -0.15) is 0 Å². The third kappa shape index (κ3) is 3.93. The Kier molecular flexibility index (Phi) is 5.04. The first-order valence-electron chi connectivity index (χ1n) is 9.16. The Hall–Kier alpha value is -4.33. The van der Waals surface area contributed by atoms with Crippen molar-refractivity contribution in [3.8, 4) is 17.1 Å². The Morgan fingerprint density at radius 2 is 1.77 bits per heavy atom. The highest BCUT2D eigenvalue weighted by Gasteiger charge is 2.19. The van der Waals surface area contributed by atoms with E-state index >= 15 is 0 Å². The van der Waals surface area contributed by atoms with Crippen LogP contribution < -0.4 is 5.32 Å². The fourth-order valence-electron chi connectivity index (χ4n) is 3.01. The number of hydrogen-bond acceptors (Lipinski definition) is 5. The van der Waals surface area contributed by atoms with Crippen molar-refractivity contribution in [2.75, 3.05) is 5.32 Å². The van der Waals surface area contributed by atoms with Gasteiger partial charge < -0.3 is 5.32 Å². The van der Waals surface area contributed by atoms with Crippen LogP contribution in [0.4, 0.5) is 11.4 Å². The summed E-state index contributed by atoms with van der Waals surface area (Å²) in [4.78, 5) is 27.7. The third-order valence-electron chi connectivity index (χ3n) is 4.40. The molecule has 1 aromatic heterocycles. The van der Waals surface area contributed by atoms with Gasteiger partial charge >= 0.3 is 0 Å². The molecule has 0 atom stereocenters. The summed E-state index contributed by atoms with van der Waals surface area (Å²) in [6.45, 7) is 1.97. The molecule has 8 nitrogen and oxygen atoms in total. The van der Waals surface area contributed by atoms with Crippen molar-refractivity contribution in [1.29, 1.82) is 0 Å². The monoisotopic (exact) mass is 399 g/mol. The number of aryl methyl sites for hydroxylation is 1. The van der Waals surface area contributed by atoms with E-state index in [0.29, 0.717) is 11.5 Å². The van der Waals surface area contributed by atoms with Gasteiger partial charge in [0.1, 0.15) is 0 Å². The third-order valence-corrected chi connectivity index (χ3v) is 4.40. The minimum atomic E-state index is -0.556. The van der Waals surface area contributed by atoms with Gasteiger partial charge in [-0.25, -0.2) is 9.67 Å². The number of aromatic nitrogens is 3. The molecule has 30 heavy (non-hydrogen) atoms. The molecule has 0 bridgehead atoms. The number of anilines is 1. The average molecular weight is 399 g/mol. The summed E-state index contributed by atoms with van der Waals surface area (Å²) in [5.74, 6) is -0.0740. The zero-order valence-corrected chi connectivity index (χ0v) is 16.0. The average Bonchev–Trinajstić information content (AvgIpc) is 3.20. The molecule has 0 saturated carbocycles. The number of non-ortho nitro benzene ring substituents is 1. The molecule has 148 valence electrons. The molecule has 0 aliphatic carbocycles. The standard InChI is InChI=1S/C22H17N5O3/c1-15-7-5-8-16(13-15)21-24-20(25-26(21)18-10-3-2-4-11-18)22(28)23-17-9-6-12-19(14-17)27(29)30/h2-14H,1H3,(H,23,28). The molecule has 0 fully saturated rings. The quantitative estimate of drug-likeness (QED) is 0.396. The number of nitrogens with one attached hydrogen (secondary N) is 1. The van der Waals surface area contributed by atoms with Gasteiger partial charge in [-0.1, -0.05) is 48.0 Å². The van der Waals surface area contributed by atoms with E-state index < -0.39 is 10.8 Å². The maximum absolute atomic E-state index is 12.8. The van der Waals surface area contributed by atoms with Crippen molar-refractivity contribution in [3.05, 3.63) is 100 Å². The lowest BCUT2D eigenvalue weighted by Gasteiger charge is -2.06. The van der Waals surface area contributed by atoms with Crippen LogP contribution in [0, 0.1) is 17.0 Å². The predicted octanol–water partition coefficient (Wildman–Crippen LogP) is 4.40. The maximum atomic E-state index is 12.8. The van der Waals surface area contributed by atoms with Crippen LogP contribution in [0.2, 0.25) is 0 Å². The van der Waals surface area contributed by atoms with Crippen LogP contribution in [0.1, 0.15) is 16.2 Å².